The number of carbonyl (C=O) groups is 1. The molecule has 0 saturated heterocycles. The summed E-state index contributed by atoms with van der Waals surface area (Å²) in [5.41, 5.74) is 2.58. The molecule has 2 rings (SSSR count). The van der Waals surface area contributed by atoms with Gasteiger partial charge in [-0.1, -0.05) is 63.2 Å². The van der Waals surface area contributed by atoms with E-state index in [-0.39, 0.29) is 22.6 Å². The largest absolute Gasteiger partial charge is 0.349 e. The van der Waals surface area contributed by atoms with Gasteiger partial charge < -0.3 is 5.32 Å². The Morgan fingerprint density at radius 1 is 0.958 bits per heavy atom. The zero-order valence-electron chi connectivity index (χ0n) is 15.2. The maximum absolute atomic E-state index is 12.4. The van der Waals surface area contributed by atoms with Gasteiger partial charge in [-0.2, -0.15) is 0 Å². The van der Waals surface area contributed by atoms with Crippen LogP contribution in [0.25, 0.3) is 0 Å². The summed E-state index contributed by atoms with van der Waals surface area (Å²) < 4.78 is 0. The minimum absolute atomic E-state index is 0.00495. The first-order valence-electron chi connectivity index (χ1n) is 8.40. The third-order valence-corrected chi connectivity index (χ3v) is 5.17. The standard InChI is InChI=1S/C21H27NOS/c1-15(17-11-13-18(14-12-17)21(3,4)5)22-20(23)16(2)24-19-9-7-6-8-10-19/h6-16H,1-5H3,(H,22,23)/t15-,16+/m1/s1. The van der Waals surface area contributed by atoms with Gasteiger partial charge in [-0.25, -0.2) is 0 Å². The van der Waals surface area contributed by atoms with Crippen molar-refractivity contribution in [3.8, 4) is 0 Å². The van der Waals surface area contributed by atoms with Crippen molar-refractivity contribution in [1.82, 2.24) is 5.32 Å². The highest BCUT2D eigenvalue weighted by atomic mass is 32.2. The van der Waals surface area contributed by atoms with Gasteiger partial charge in [0.2, 0.25) is 5.91 Å². The lowest BCUT2D eigenvalue weighted by atomic mass is 9.86. The maximum Gasteiger partial charge on any atom is 0.233 e. The van der Waals surface area contributed by atoms with Crippen LogP contribution in [0.3, 0.4) is 0 Å². The lowest BCUT2D eigenvalue weighted by Crippen LogP contribution is -2.33. The number of hydrogen-bond acceptors (Lipinski definition) is 2. The molecule has 0 aliphatic rings. The van der Waals surface area contributed by atoms with Crippen LogP contribution < -0.4 is 5.32 Å². The van der Waals surface area contributed by atoms with Gasteiger partial charge in [0.25, 0.3) is 0 Å². The Bertz CT molecular complexity index is 658. The number of benzene rings is 2. The summed E-state index contributed by atoms with van der Waals surface area (Å²) in [5, 5.41) is 2.99. The van der Waals surface area contributed by atoms with Gasteiger partial charge in [0.05, 0.1) is 11.3 Å². The molecule has 0 fully saturated rings. The molecular formula is C21H27NOS. The predicted molar refractivity (Wildman–Crippen MR) is 103 cm³/mol. The molecule has 0 radical (unpaired) electrons. The Morgan fingerprint density at radius 3 is 2.08 bits per heavy atom. The molecule has 2 nitrogen and oxygen atoms in total. The lowest BCUT2D eigenvalue weighted by Gasteiger charge is -2.21. The zero-order valence-corrected chi connectivity index (χ0v) is 16.0. The molecule has 0 bridgehead atoms. The van der Waals surface area contributed by atoms with Crippen LogP contribution in [0.2, 0.25) is 0 Å². The average molecular weight is 342 g/mol. The Morgan fingerprint density at radius 2 is 1.54 bits per heavy atom. The van der Waals surface area contributed by atoms with E-state index in [1.807, 2.05) is 44.2 Å². The number of hydrogen-bond donors (Lipinski definition) is 1. The molecule has 0 unspecified atom stereocenters. The second-order valence-electron chi connectivity index (χ2n) is 7.18. The number of thioether (sulfide) groups is 1. The molecule has 1 amide bonds. The van der Waals surface area contributed by atoms with Crippen molar-refractivity contribution >= 4 is 17.7 Å². The van der Waals surface area contributed by atoms with Gasteiger partial charge in [-0.15, -0.1) is 11.8 Å². The van der Waals surface area contributed by atoms with Crippen LogP contribution in [0.4, 0.5) is 0 Å². The monoisotopic (exact) mass is 341 g/mol. The SMILES string of the molecule is C[C@H](Sc1ccccc1)C(=O)N[C@H](C)c1ccc(C(C)(C)C)cc1. The minimum atomic E-state index is -0.122. The Labute approximate surface area is 150 Å². The summed E-state index contributed by atoms with van der Waals surface area (Å²) >= 11 is 1.58. The van der Waals surface area contributed by atoms with E-state index in [2.05, 4.69) is 50.4 Å². The van der Waals surface area contributed by atoms with Gasteiger partial charge >= 0.3 is 0 Å². The van der Waals surface area contributed by atoms with Gasteiger partial charge in [0.1, 0.15) is 0 Å². The smallest absolute Gasteiger partial charge is 0.233 e. The van der Waals surface area contributed by atoms with Crippen LogP contribution in [-0.4, -0.2) is 11.2 Å². The highest BCUT2D eigenvalue weighted by Gasteiger charge is 2.18. The number of rotatable bonds is 5. The highest BCUT2D eigenvalue weighted by molar-refractivity contribution is 8.00. The third-order valence-electron chi connectivity index (χ3n) is 4.06. The van der Waals surface area contributed by atoms with Crippen LogP contribution in [0.15, 0.2) is 59.5 Å². The Balaban J connectivity index is 1.95. The number of amides is 1. The summed E-state index contributed by atoms with van der Waals surface area (Å²) in [6, 6.07) is 18.6. The normalized spacial score (nSPS) is 14.0. The predicted octanol–water partition coefficient (Wildman–Crippen LogP) is 5.34. The minimum Gasteiger partial charge on any atom is -0.349 e. The molecule has 3 heteroatoms. The van der Waals surface area contributed by atoms with E-state index < -0.39 is 0 Å². The molecule has 0 spiro atoms. The summed E-state index contributed by atoms with van der Waals surface area (Å²) in [6.45, 7) is 10.6. The lowest BCUT2D eigenvalue weighted by molar-refractivity contribution is -0.120. The molecule has 2 aromatic carbocycles. The van der Waals surface area contributed by atoms with Gasteiger partial charge in [0.15, 0.2) is 0 Å². The second kappa shape index (κ2) is 7.89. The second-order valence-corrected chi connectivity index (χ2v) is 8.59. The quantitative estimate of drug-likeness (QED) is 0.744. The maximum atomic E-state index is 12.4. The zero-order chi connectivity index (χ0) is 17.7. The van der Waals surface area contributed by atoms with Crippen molar-refractivity contribution in [3.05, 3.63) is 65.7 Å². The molecule has 128 valence electrons. The fourth-order valence-corrected chi connectivity index (χ4v) is 3.34. The number of nitrogens with one attached hydrogen (secondary N) is 1. The topological polar surface area (TPSA) is 29.1 Å². The first-order chi connectivity index (χ1) is 11.3. The van der Waals surface area contributed by atoms with E-state index in [1.54, 1.807) is 11.8 Å². The molecule has 0 aliphatic heterocycles. The molecule has 0 heterocycles. The summed E-state index contributed by atoms with van der Waals surface area (Å²) in [5.74, 6) is 0.0660. The van der Waals surface area contributed by atoms with E-state index >= 15 is 0 Å². The van der Waals surface area contributed by atoms with Crippen molar-refractivity contribution in [1.29, 1.82) is 0 Å². The fraction of sp³-hybridized carbons (Fsp3) is 0.381. The van der Waals surface area contributed by atoms with Gasteiger partial charge in [-0.05, 0) is 42.5 Å². The molecular weight excluding hydrogens is 314 g/mol. The summed E-state index contributed by atoms with van der Waals surface area (Å²) in [4.78, 5) is 13.5. The van der Waals surface area contributed by atoms with Crippen LogP contribution in [0.5, 0.6) is 0 Å². The molecule has 0 saturated carbocycles. The van der Waals surface area contributed by atoms with E-state index in [4.69, 9.17) is 0 Å². The molecule has 0 aliphatic carbocycles. The highest BCUT2D eigenvalue weighted by Crippen LogP contribution is 2.25. The van der Waals surface area contributed by atoms with Crippen LogP contribution >= 0.6 is 11.8 Å². The van der Waals surface area contributed by atoms with Crippen molar-refractivity contribution < 1.29 is 4.79 Å². The number of carbonyl (C=O) groups excluding carboxylic acids is 1. The van der Waals surface area contributed by atoms with Crippen LogP contribution in [-0.2, 0) is 10.2 Å². The van der Waals surface area contributed by atoms with Crippen LogP contribution in [0.1, 0.15) is 51.8 Å². The van der Waals surface area contributed by atoms with Crippen LogP contribution in [0, 0.1) is 0 Å². The first kappa shape index (κ1) is 18.6. The molecule has 2 aromatic rings. The first-order valence-corrected chi connectivity index (χ1v) is 9.28. The van der Waals surface area contributed by atoms with Gasteiger partial charge in [0, 0.05) is 4.90 Å². The molecule has 1 N–H and O–H groups in total. The Kier molecular flexibility index (Phi) is 6.11. The molecule has 2 atom stereocenters. The van der Waals surface area contributed by atoms with E-state index in [9.17, 15) is 4.79 Å². The average Bonchev–Trinajstić information content (AvgIpc) is 2.55. The van der Waals surface area contributed by atoms with E-state index in [1.165, 1.54) is 5.56 Å². The summed E-state index contributed by atoms with van der Waals surface area (Å²) in [6.07, 6.45) is 0. The van der Waals surface area contributed by atoms with Gasteiger partial charge in [-0.3, -0.25) is 4.79 Å². The summed E-state index contributed by atoms with van der Waals surface area (Å²) in [7, 11) is 0. The third kappa shape index (κ3) is 5.13. The van der Waals surface area contributed by atoms with E-state index in [0.29, 0.717) is 0 Å². The van der Waals surface area contributed by atoms with Crippen molar-refractivity contribution in [2.24, 2.45) is 0 Å². The molecule has 24 heavy (non-hydrogen) atoms. The van der Waals surface area contributed by atoms with Crippen molar-refractivity contribution in [3.63, 3.8) is 0 Å². The van der Waals surface area contributed by atoms with E-state index in [0.717, 1.165) is 10.5 Å². The molecule has 0 aromatic heterocycles. The van der Waals surface area contributed by atoms with Crippen molar-refractivity contribution in [2.45, 2.75) is 56.2 Å². The fourth-order valence-electron chi connectivity index (χ4n) is 2.44. The Hall–Kier alpha value is -1.74. The van der Waals surface area contributed by atoms with Crippen molar-refractivity contribution in [2.75, 3.05) is 0 Å².